The molecular formula is C14H16N2O4. The molecule has 106 valence electrons. The Morgan fingerprint density at radius 1 is 1.20 bits per heavy atom. The molecule has 0 spiro atoms. The fourth-order valence-electron chi connectivity index (χ4n) is 2.23. The standard InChI is InChI=1S/C14H16N2O4/c1-17-10-6-5-9(8-12(10)18-2)13-15-14(20-16-13)11-4-3-7-19-11/h5-6,8,11H,3-4,7H2,1-2H3/t11-/m1/s1. The van der Waals surface area contributed by atoms with Gasteiger partial charge in [0.25, 0.3) is 5.89 Å². The summed E-state index contributed by atoms with van der Waals surface area (Å²) >= 11 is 0. The Hall–Kier alpha value is -2.08. The topological polar surface area (TPSA) is 66.6 Å². The lowest BCUT2D eigenvalue weighted by Crippen LogP contribution is -1.95. The van der Waals surface area contributed by atoms with Crippen molar-refractivity contribution in [2.24, 2.45) is 0 Å². The first-order valence-electron chi connectivity index (χ1n) is 6.49. The Labute approximate surface area is 116 Å². The Balaban J connectivity index is 1.88. The number of ether oxygens (including phenoxy) is 3. The number of aromatic nitrogens is 2. The van der Waals surface area contributed by atoms with Crippen molar-refractivity contribution in [2.45, 2.75) is 18.9 Å². The van der Waals surface area contributed by atoms with Gasteiger partial charge in [0.2, 0.25) is 5.82 Å². The second-order valence-electron chi connectivity index (χ2n) is 4.53. The summed E-state index contributed by atoms with van der Waals surface area (Å²) in [4.78, 5) is 4.39. The van der Waals surface area contributed by atoms with Gasteiger partial charge in [0.15, 0.2) is 11.5 Å². The average Bonchev–Trinajstić information content (AvgIpc) is 3.16. The zero-order chi connectivity index (χ0) is 13.9. The number of methoxy groups -OCH3 is 2. The number of hydrogen-bond acceptors (Lipinski definition) is 6. The SMILES string of the molecule is COc1ccc(-c2noc([C@H]3CCCO3)n2)cc1OC. The van der Waals surface area contributed by atoms with Crippen LogP contribution < -0.4 is 9.47 Å². The van der Waals surface area contributed by atoms with Crippen LogP contribution in [0, 0.1) is 0 Å². The highest BCUT2D eigenvalue weighted by molar-refractivity contribution is 5.60. The maximum absolute atomic E-state index is 5.53. The molecule has 1 aromatic carbocycles. The Kier molecular flexibility index (Phi) is 3.56. The van der Waals surface area contributed by atoms with Crippen molar-refractivity contribution in [3.8, 4) is 22.9 Å². The highest BCUT2D eigenvalue weighted by Gasteiger charge is 2.24. The van der Waals surface area contributed by atoms with Crippen LogP contribution in [0.4, 0.5) is 0 Å². The molecule has 0 aliphatic carbocycles. The quantitative estimate of drug-likeness (QED) is 0.855. The summed E-state index contributed by atoms with van der Waals surface area (Å²) in [5, 5.41) is 4.00. The first kappa shape index (κ1) is 12.9. The van der Waals surface area contributed by atoms with E-state index in [0.717, 1.165) is 25.0 Å². The van der Waals surface area contributed by atoms with Crippen LogP contribution in [-0.2, 0) is 4.74 Å². The third-order valence-corrected chi connectivity index (χ3v) is 3.29. The normalized spacial score (nSPS) is 18.2. The minimum atomic E-state index is -0.0728. The van der Waals surface area contributed by atoms with E-state index in [1.807, 2.05) is 18.2 Å². The van der Waals surface area contributed by atoms with Gasteiger partial charge in [-0.2, -0.15) is 4.98 Å². The van der Waals surface area contributed by atoms with E-state index in [4.69, 9.17) is 18.7 Å². The number of rotatable bonds is 4. The van der Waals surface area contributed by atoms with Crippen LogP contribution in [-0.4, -0.2) is 31.0 Å². The molecule has 1 saturated heterocycles. The minimum absolute atomic E-state index is 0.0728. The van der Waals surface area contributed by atoms with Crippen molar-refractivity contribution in [3.63, 3.8) is 0 Å². The Morgan fingerprint density at radius 2 is 2.05 bits per heavy atom. The van der Waals surface area contributed by atoms with Gasteiger partial charge in [-0.3, -0.25) is 0 Å². The van der Waals surface area contributed by atoms with Crippen LogP contribution in [0.2, 0.25) is 0 Å². The lowest BCUT2D eigenvalue weighted by molar-refractivity contribution is 0.0835. The first-order chi connectivity index (χ1) is 9.81. The van der Waals surface area contributed by atoms with Crippen molar-refractivity contribution in [3.05, 3.63) is 24.1 Å². The van der Waals surface area contributed by atoms with Gasteiger partial charge in [-0.05, 0) is 31.0 Å². The monoisotopic (exact) mass is 276 g/mol. The predicted octanol–water partition coefficient (Wildman–Crippen LogP) is 2.61. The first-order valence-corrected chi connectivity index (χ1v) is 6.49. The third-order valence-electron chi connectivity index (χ3n) is 3.29. The molecule has 0 saturated carbocycles. The summed E-state index contributed by atoms with van der Waals surface area (Å²) in [7, 11) is 3.19. The van der Waals surface area contributed by atoms with Crippen LogP contribution in [0.3, 0.4) is 0 Å². The minimum Gasteiger partial charge on any atom is -0.493 e. The molecule has 1 aromatic heterocycles. The molecule has 1 atom stereocenters. The Bertz CT molecular complexity index is 591. The molecule has 1 fully saturated rings. The maximum atomic E-state index is 5.53. The van der Waals surface area contributed by atoms with Crippen LogP contribution in [0.25, 0.3) is 11.4 Å². The largest absolute Gasteiger partial charge is 0.493 e. The molecule has 0 N–H and O–H groups in total. The molecule has 3 rings (SSSR count). The zero-order valence-corrected chi connectivity index (χ0v) is 11.5. The molecule has 2 aromatic rings. The van der Waals surface area contributed by atoms with Crippen LogP contribution in [0.5, 0.6) is 11.5 Å². The van der Waals surface area contributed by atoms with Crippen LogP contribution >= 0.6 is 0 Å². The van der Waals surface area contributed by atoms with Gasteiger partial charge in [0.1, 0.15) is 6.10 Å². The molecule has 6 heteroatoms. The zero-order valence-electron chi connectivity index (χ0n) is 11.5. The molecule has 6 nitrogen and oxygen atoms in total. The van der Waals surface area contributed by atoms with Gasteiger partial charge in [-0.1, -0.05) is 5.16 Å². The van der Waals surface area contributed by atoms with Crippen LogP contribution in [0.15, 0.2) is 22.7 Å². The van der Waals surface area contributed by atoms with Gasteiger partial charge in [-0.25, -0.2) is 0 Å². The van der Waals surface area contributed by atoms with Gasteiger partial charge >= 0.3 is 0 Å². The molecule has 1 aliphatic heterocycles. The fourth-order valence-corrected chi connectivity index (χ4v) is 2.23. The van der Waals surface area contributed by atoms with Crippen molar-refractivity contribution >= 4 is 0 Å². The molecule has 0 radical (unpaired) electrons. The summed E-state index contributed by atoms with van der Waals surface area (Å²) < 4.78 is 21.3. The fraction of sp³-hybridized carbons (Fsp3) is 0.429. The van der Waals surface area contributed by atoms with Crippen LogP contribution in [0.1, 0.15) is 24.8 Å². The number of hydrogen-bond donors (Lipinski definition) is 0. The van der Waals surface area contributed by atoms with E-state index >= 15 is 0 Å². The van der Waals surface area contributed by atoms with E-state index in [2.05, 4.69) is 10.1 Å². The highest BCUT2D eigenvalue weighted by atomic mass is 16.5. The molecule has 1 aliphatic rings. The van der Waals surface area contributed by atoms with Crippen molar-refractivity contribution in [1.82, 2.24) is 10.1 Å². The van der Waals surface area contributed by atoms with E-state index < -0.39 is 0 Å². The molecular weight excluding hydrogens is 260 g/mol. The Morgan fingerprint density at radius 3 is 2.75 bits per heavy atom. The van der Waals surface area contributed by atoms with E-state index in [1.165, 1.54) is 0 Å². The van der Waals surface area contributed by atoms with E-state index in [-0.39, 0.29) is 6.10 Å². The van der Waals surface area contributed by atoms with Gasteiger partial charge in [0.05, 0.1) is 14.2 Å². The predicted molar refractivity (Wildman–Crippen MR) is 70.8 cm³/mol. The van der Waals surface area contributed by atoms with E-state index in [0.29, 0.717) is 23.2 Å². The van der Waals surface area contributed by atoms with Crippen molar-refractivity contribution in [1.29, 1.82) is 0 Å². The number of benzene rings is 1. The average molecular weight is 276 g/mol. The lowest BCUT2D eigenvalue weighted by Gasteiger charge is -2.07. The second-order valence-corrected chi connectivity index (χ2v) is 4.53. The summed E-state index contributed by atoms with van der Waals surface area (Å²) in [6.45, 7) is 0.749. The lowest BCUT2D eigenvalue weighted by atomic mass is 10.2. The number of nitrogens with zero attached hydrogens (tertiary/aromatic N) is 2. The van der Waals surface area contributed by atoms with Crippen molar-refractivity contribution in [2.75, 3.05) is 20.8 Å². The summed E-state index contributed by atoms with van der Waals surface area (Å²) in [5.41, 5.74) is 0.815. The molecule has 2 heterocycles. The summed E-state index contributed by atoms with van der Waals surface area (Å²) in [6.07, 6.45) is 1.88. The summed E-state index contributed by atoms with van der Waals surface area (Å²) in [5.74, 6) is 2.36. The van der Waals surface area contributed by atoms with Gasteiger partial charge in [-0.15, -0.1) is 0 Å². The van der Waals surface area contributed by atoms with Gasteiger partial charge in [0, 0.05) is 12.2 Å². The molecule has 20 heavy (non-hydrogen) atoms. The molecule has 0 amide bonds. The summed E-state index contributed by atoms with van der Waals surface area (Å²) in [6, 6.07) is 5.50. The smallest absolute Gasteiger partial charge is 0.256 e. The molecule has 0 bridgehead atoms. The maximum Gasteiger partial charge on any atom is 0.256 e. The van der Waals surface area contributed by atoms with Gasteiger partial charge < -0.3 is 18.7 Å². The van der Waals surface area contributed by atoms with E-state index in [9.17, 15) is 0 Å². The molecule has 0 unspecified atom stereocenters. The highest BCUT2D eigenvalue weighted by Crippen LogP contribution is 2.33. The van der Waals surface area contributed by atoms with Crippen molar-refractivity contribution < 1.29 is 18.7 Å². The third kappa shape index (κ3) is 2.34. The second kappa shape index (κ2) is 5.50. The van der Waals surface area contributed by atoms with E-state index in [1.54, 1.807) is 14.2 Å².